The number of aromatic nitrogens is 2. The third-order valence-corrected chi connectivity index (χ3v) is 4.59. The molecule has 0 atom stereocenters. The second kappa shape index (κ2) is 5.99. The van der Waals surface area contributed by atoms with Gasteiger partial charge in [-0.15, -0.1) is 0 Å². The zero-order chi connectivity index (χ0) is 15.0. The number of nitrogens with zero attached hydrogens (tertiary/aromatic N) is 2. The van der Waals surface area contributed by atoms with Gasteiger partial charge in [-0.1, -0.05) is 18.2 Å². The van der Waals surface area contributed by atoms with Gasteiger partial charge in [-0.3, -0.25) is 9.36 Å². The summed E-state index contributed by atoms with van der Waals surface area (Å²) in [5.74, 6) is -0.318. The molecule has 2 aromatic carbocycles. The quantitative estimate of drug-likeness (QED) is 0.497. The van der Waals surface area contributed by atoms with E-state index in [0.29, 0.717) is 16.5 Å². The average Bonchev–Trinajstić information content (AvgIpc) is 2.44. The lowest BCUT2D eigenvalue weighted by Crippen LogP contribution is -2.22. The first-order valence-electron chi connectivity index (χ1n) is 6.14. The molecule has 3 aromatic rings. The highest BCUT2D eigenvalue weighted by atomic mass is 127. The van der Waals surface area contributed by atoms with Crippen LogP contribution in [0.4, 0.5) is 4.39 Å². The van der Waals surface area contributed by atoms with E-state index in [1.54, 1.807) is 18.2 Å². The zero-order valence-corrected chi connectivity index (χ0v) is 15.0. The summed E-state index contributed by atoms with van der Waals surface area (Å²) < 4.78 is 17.1. The maximum Gasteiger partial charge on any atom is 0.261 e. The van der Waals surface area contributed by atoms with Crippen LogP contribution in [0.25, 0.3) is 10.9 Å². The molecular formula is C15H9FI2N2O. The minimum Gasteiger partial charge on any atom is -0.294 e. The van der Waals surface area contributed by atoms with Crippen molar-refractivity contribution in [3.05, 3.63) is 71.6 Å². The van der Waals surface area contributed by atoms with Crippen LogP contribution in [-0.4, -0.2) is 9.55 Å². The molecule has 0 saturated carbocycles. The fourth-order valence-corrected chi connectivity index (χ4v) is 4.10. The first-order valence-corrected chi connectivity index (χ1v) is 8.29. The van der Waals surface area contributed by atoms with E-state index in [2.05, 4.69) is 50.2 Å². The van der Waals surface area contributed by atoms with Gasteiger partial charge in [0.15, 0.2) is 0 Å². The van der Waals surface area contributed by atoms with Gasteiger partial charge in [-0.2, -0.15) is 0 Å². The molecule has 6 heteroatoms. The van der Waals surface area contributed by atoms with Crippen molar-refractivity contribution in [2.45, 2.75) is 6.54 Å². The summed E-state index contributed by atoms with van der Waals surface area (Å²) >= 11 is 4.34. The van der Waals surface area contributed by atoms with E-state index < -0.39 is 0 Å². The van der Waals surface area contributed by atoms with E-state index in [9.17, 15) is 9.18 Å². The molecule has 0 amide bonds. The summed E-state index contributed by atoms with van der Waals surface area (Å²) in [7, 11) is 0. The van der Waals surface area contributed by atoms with Crippen LogP contribution < -0.4 is 5.56 Å². The second-order valence-electron chi connectivity index (χ2n) is 4.55. The van der Waals surface area contributed by atoms with Crippen LogP contribution in [0.3, 0.4) is 0 Å². The van der Waals surface area contributed by atoms with E-state index in [-0.39, 0.29) is 17.9 Å². The number of rotatable bonds is 2. The lowest BCUT2D eigenvalue weighted by molar-refractivity contribution is 0.595. The minimum atomic E-state index is -0.318. The normalized spacial score (nSPS) is 11.0. The van der Waals surface area contributed by atoms with Gasteiger partial charge in [0.25, 0.3) is 5.56 Å². The van der Waals surface area contributed by atoms with Gasteiger partial charge in [-0.05, 0) is 63.4 Å². The molecule has 0 unspecified atom stereocenters. The second-order valence-corrected chi connectivity index (χ2v) is 6.96. The van der Waals surface area contributed by atoms with Crippen molar-refractivity contribution < 1.29 is 4.39 Å². The van der Waals surface area contributed by atoms with Crippen molar-refractivity contribution in [3.63, 3.8) is 0 Å². The summed E-state index contributed by atoms with van der Waals surface area (Å²) in [4.78, 5) is 16.9. The fraction of sp³-hybridized carbons (Fsp3) is 0.0667. The Kier molecular flexibility index (Phi) is 4.25. The Labute approximate surface area is 147 Å². The van der Waals surface area contributed by atoms with Gasteiger partial charge in [-0.25, -0.2) is 9.37 Å². The molecule has 0 fully saturated rings. The van der Waals surface area contributed by atoms with Gasteiger partial charge < -0.3 is 0 Å². The molecule has 0 aliphatic carbocycles. The number of hydrogen-bond acceptors (Lipinski definition) is 2. The lowest BCUT2D eigenvalue weighted by atomic mass is 10.2. The van der Waals surface area contributed by atoms with Crippen molar-refractivity contribution in [1.82, 2.24) is 9.55 Å². The summed E-state index contributed by atoms with van der Waals surface area (Å²) in [6, 6.07) is 10.2. The first kappa shape index (κ1) is 14.9. The van der Waals surface area contributed by atoms with E-state index in [1.165, 1.54) is 17.0 Å². The highest BCUT2D eigenvalue weighted by molar-refractivity contribution is 14.1. The molecule has 106 valence electrons. The third kappa shape index (κ3) is 2.96. The highest BCUT2D eigenvalue weighted by Crippen LogP contribution is 2.19. The minimum absolute atomic E-state index is 0.153. The Hall–Kier alpha value is -1.03. The smallest absolute Gasteiger partial charge is 0.261 e. The van der Waals surface area contributed by atoms with Crippen molar-refractivity contribution in [2.24, 2.45) is 0 Å². The Bertz CT molecular complexity index is 892. The Morgan fingerprint density at radius 3 is 2.71 bits per heavy atom. The predicted octanol–water partition coefficient (Wildman–Crippen LogP) is 3.79. The monoisotopic (exact) mass is 506 g/mol. The zero-order valence-electron chi connectivity index (χ0n) is 10.7. The van der Waals surface area contributed by atoms with Gasteiger partial charge in [0.05, 0.1) is 23.8 Å². The standard InChI is InChI=1S/C15H9FI2N2O/c16-12-4-2-1-3-9(12)7-20-8-19-14-11(15(20)21)5-10(17)6-13(14)18/h1-6,8H,7H2. The molecule has 0 saturated heterocycles. The van der Waals surface area contributed by atoms with E-state index in [1.807, 2.05) is 12.1 Å². The molecule has 0 radical (unpaired) electrons. The molecule has 0 N–H and O–H groups in total. The molecule has 3 nitrogen and oxygen atoms in total. The Morgan fingerprint density at radius 2 is 1.95 bits per heavy atom. The topological polar surface area (TPSA) is 34.9 Å². The molecule has 1 heterocycles. The van der Waals surface area contributed by atoms with Gasteiger partial charge in [0, 0.05) is 12.7 Å². The number of benzene rings is 2. The van der Waals surface area contributed by atoms with E-state index in [4.69, 9.17) is 0 Å². The van der Waals surface area contributed by atoms with Crippen LogP contribution >= 0.6 is 45.2 Å². The first-order chi connectivity index (χ1) is 10.1. The molecule has 0 spiro atoms. The van der Waals surface area contributed by atoms with Gasteiger partial charge in [0.2, 0.25) is 0 Å². The van der Waals surface area contributed by atoms with Crippen LogP contribution in [0, 0.1) is 13.0 Å². The SMILES string of the molecule is O=c1c2cc(I)cc(I)c2ncn1Cc1ccccc1F. The van der Waals surface area contributed by atoms with Crippen molar-refractivity contribution >= 4 is 56.1 Å². The molecule has 0 aliphatic rings. The fourth-order valence-electron chi connectivity index (χ4n) is 2.12. The summed E-state index contributed by atoms with van der Waals surface area (Å²) in [5, 5.41) is 0.560. The van der Waals surface area contributed by atoms with Crippen molar-refractivity contribution in [1.29, 1.82) is 0 Å². The van der Waals surface area contributed by atoms with Crippen LogP contribution in [0.2, 0.25) is 0 Å². The maximum absolute atomic E-state index is 13.7. The Morgan fingerprint density at radius 1 is 1.19 bits per heavy atom. The molecule has 0 bridgehead atoms. The number of hydrogen-bond donors (Lipinski definition) is 0. The van der Waals surface area contributed by atoms with Crippen LogP contribution in [0.1, 0.15) is 5.56 Å². The summed E-state index contributed by atoms with van der Waals surface area (Å²) in [6.07, 6.45) is 1.48. The van der Waals surface area contributed by atoms with E-state index in [0.717, 1.165) is 7.14 Å². The van der Waals surface area contributed by atoms with Crippen molar-refractivity contribution in [3.8, 4) is 0 Å². The molecule has 0 aliphatic heterocycles. The Balaban J connectivity index is 2.15. The molecular weight excluding hydrogens is 497 g/mol. The average molecular weight is 506 g/mol. The molecule has 21 heavy (non-hydrogen) atoms. The maximum atomic E-state index is 13.7. The molecule has 1 aromatic heterocycles. The van der Waals surface area contributed by atoms with Crippen molar-refractivity contribution in [2.75, 3.05) is 0 Å². The van der Waals surface area contributed by atoms with Gasteiger partial charge >= 0.3 is 0 Å². The highest BCUT2D eigenvalue weighted by Gasteiger charge is 2.10. The van der Waals surface area contributed by atoms with Crippen LogP contribution in [-0.2, 0) is 6.54 Å². The number of fused-ring (bicyclic) bond motifs is 1. The predicted molar refractivity (Wildman–Crippen MR) is 96.9 cm³/mol. The van der Waals surface area contributed by atoms with Gasteiger partial charge in [0.1, 0.15) is 5.82 Å². The lowest BCUT2D eigenvalue weighted by Gasteiger charge is -2.08. The molecule has 3 rings (SSSR count). The largest absolute Gasteiger partial charge is 0.294 e. The van der Waals surface area contributed by atoms with E-state index >= 15 is 0 Å². The van der Waals surface area contributed by atoms with Crippen LogP contribution in [0.15, 0.2) is 47.5 Å². The third-order valence-electron chi connectivity index (χ3n) is 3.14. The summed E-state index contributed by atoms with van der Waals surface area (Å²) in [5.41, 5.74) is 1.01. The summed E-state index contributed by atoms with van der Waals surface area (Å²) in [6.45, 7) is 0.177. The van der Waals surface area contributed by atoms with Crippen LogP contribution in [0.5, 0.6) is 0 Å². The number of halogens is 3.